The van der Waals surface area contributed by atoms with Crippen LogP contribution < -0.4 is 14.2 Å². The van der Waals surface area contributed by atoms with E-state index in [4.69, 9.17) is 18.7 Å². The predicted molar refractivity (Wildman–Crippen MR) is 131 cm³/mol. The van der Waals surface area contributed by atoms with E-state index in [0.717, 1.165) is 11.3 Å². The Balaban J connectivity index is 1.27. The molecule has 0 radical (unpaired) electrons. The number of nitrogens with zero attached hydrogens (tertiary/aromatic N) is 4. The Hall–Kier alpha value is -4.08. The summed E-state index contributed by atoms with van der Waals surface area (Å²) in [5.74, 6) is 2.60. The van der Waals surface area contributed by atoms with Gasteiger partial charge in [-0.05, 0) is 43.3 Å². The van der Waals surface area contributed by atoms with Crippen LogP contribution in [0.2, 0.25) is 0 Å². The molecule has 0 N–H and O–H groups in total. The quantitative estimate of drug-likeness (QED) is 0.447. The van der Waals surface area contributed by atoms with Crippen molar-refractivity contribution in [2.24, 2.45) is 0 Å². The molecule has 1 aromatic heterocycles. The van der Waals surface area contributed by atoms with Crippen LogP contribution in [0, 0.1) is 0 Å². The maximum atomic E-state index is 13.0. The molecule has 4 rings (SSSR count). The second kappa shape index (κ2) is 11.6. The SMILES string of the molecule is CCOc1ccc(-c2noc(CCC(=O)N3CCN(C(=O)c4ccc(OC)cc4OC)CC3)n2)cc1. The van der Waals surface area contributed by atoms with Gasteiger partial charge in [-0.3, -0.25) is 9.59 Å². The maximum absolute atomic E-state index is 13.0. The van der Waals surface area contributed by atoms with Gasteiger partial charge in [0.05, 0.1) is 26.4 Å². The fourth-order valence-corrected chi connectivity index (χ4v) is 4.02. The van der Waals surface area contributed by atoms with Gasteiger partial charge in [-0.15, -0.1) is 0 Å². The monoisotopic (exact) mass is 494 g/mol. The van der Waals surface area contributed by atoms with Gasteiger partial charge < -0.3 is 28.5 Å². The lowest BCUT2D eigenvalue weighted by Gasteiger charge is -2.35. The van der Waals surface area contributed by atoms with Crippen molar-refractivity contribution in [3.63, 3.8) is 0 Å². The van der Waals surface area contributed by atoms with E-state index >= 15 is 0 Å². The highest BCUT2D eigenvalue weighted by atomic mass is 16.5. The number of aromatic nitrogens is 2. The molecule has 1 fully saturated rings. The molecule has 2 amide bonds. The van der Waals surface area contributed by atoms with Gasteiger partial charge in [-0.2, -0.15) is 4.98 Å². The normalized spacial score (nSPS) is 13.4. The molecule has 36 heavy (non-hydrogen) atoms. The number of methoxy groups -OCH3 is 2. The zero-order chi connectivity index (χ0) is 25.5. The number of ether oxygens (including phenoxy) is 3. The first-order valence-corrected chi connectivity index (χ1v) is 11.9. The van der Waals surface area contributed by atoms with Gasteiger partial charge in [0.15, 0.2) is 0 Å². The van der Waals surface area contributed by atoms with Gasteiger partial charge in [0.25, 0.3) is 5.91 Å². The van der Waals surface area contributed by atoms with E-state index < -0.39 is 0 Å². The Morgan fingerprint density at radius 2 is 1.64 bits per heavy atom. The summed E-state index contributed by atoms with van der Waals surface area (Å²) in [7, 11) is 3.08. The molecular formula is C26H30N4O6. The second-order valence-corrected chi connectivity index (χ2v) is 8.21. The summed E-state index contributed by atoms with van der Waals surface area (Å²) >= 11 is 0. The van der Waals surface area contributed by atoms with E-state index in [9.17, 15) is 9.59 Å². The zero-order valence-corrected chi connectivity index (χ0v) is 20.7. The molecule has 3 aromatic rings. The Kier molecular flexibility index (Phi) is 8.04. The largest absolute Gasteiger partial charge is 0.497 e. The van der Waals surface area contributed by atoms with Crippen molar-refractivity contribution in [1.82, 2.24) is 19.9 Å². The molecule has 1 aliphatic heterocycles. The van der Waals surface area contributed by atoms with E-state index in [0.29, 0.717) is 68.0 Å². The Morgan fingerprint density at radius 3 is 2.31 bits per heavy atom. The smallest absolute Gasteiger partial charge is 0.257 e. The first-order chi connectivity index (χ1) is 17.5. The first kappa shape index (κ1) is 25.0. The van der Waals surface area contributed by atoms with Crippen molar-refractivity contribution in [2.45, 2.75) is 19.8 Å². The third kappa shape index (κ3) is 5.76. The Bertz CT molecular complexity index is 1190. The van der Waals surface area contributed by atoms with Crippen LogP contribution in [0.5, 0.6) is 17.2 Å². The number of amides is 2. The molecule has 0 spiro atoms. The molecule has 0 unspecified atom stereocenters. The minimum Gasteiger partial charge on any atom is -0.497 e. The van der Waals surface area contributed by atoms with Crippen LogP contribution in [0.25, 0.3) is 11.4 Å². The topological polar surface area (TPSA) is 107 Å². The lowest BCUT2D eigenvalue weighted by Crippen LogP contribution is -2.50. The summed E-state index contributed by atoms with van der Waals surface area (Å²) in [5, 5.41) is 4.02. The van der Waals surface area contributed by atoms with Crippen LogP contribution in [0.15, 0.2) is 47.0 Å². The predicted octanol–water partition coefficient (Wildman–Crippen LogP) is 3.07. The summed E-state index contributed by atoms with van der Waals surface area (Å²) in [6, 6.07) is 12.6. The van der Waals surface area contributed by atoms with Crippen molar-refractivity contribution in [1.29, 1.82) is 0 Å². The van der Waals surface area contributed by atoms with E-state index in [1.165, 1.54) is 7.11 Å². The molecule has 10 nitrogen and oxygen atoms in total. The number of hydrogen-bond acceptors (Lipinski definition) is 8. The number of rotatable bonds is 9. The van der Waals surface area contributed by atoms with Gasteiger partial charge >= 0.3 is 0 Å². The van der Waals surface area contributed by atoms with Crippen molar-refractivity contribution < 1.29 is 28.3 Å². The Labute approximate surface area is 209 Å². The molecule has 0 saturated carbocycles. The molecule has 0 aliphatic carbocycles. The number of carbonyl (C=O) groups is 2. The number of benzene rings is 2. The van der Waals surface area contributed by atoms with E-state index in [1.54, 1.807) is 35.1 Å². The minimum atomic E-state index is -0.130. The highest BCUT2D eigenvalue weighted by Gasteiger charge is 2.27. The average Bonchev–Trinajstić information content (AvgIpc) is 3.40. The van der Waals surface area contributed by atoms with Crippen molar-refractivity contribution >= 4 is 11.8 Å². The van der Waals surface area contributed by atoms with Crippen LogP contribution in [0.4, 0.5) is 0 Å². The zero-order valence-electron chi connectivity index (χ0n) is 20.7. The number of piperazine rings is 1. The van der Waals surface area contributed by atoms with Gasteiger partial charge in [-0.25, -0.2) is 0 Å². The van der Waals surface area contributed by atoms with Crippen molar-refractivity contribution in [3.05, 3.63) is 53.9 Å². The van der Waals surface area contributed by atoms with Crippen molar-refractivity contribution in [3.8, 4) is 28.6 Å². The maximum Gasteiger partial charge on any atom is 0.257 e. The Morgan fingerprint density at radius 1 is 0.944 bits per heavy atom. The third-order valence-corrected chi connectivity index (χ3v) is 6.00. The second-order valence-electron chi connectivity index (χ2n) is 8.21. The molecule has 10 heteroatoms. The summed E-state index contributed by atoms with van der Waals surface area (Å²) in [5.41, 5.74) is 1.28. The molecule has 1 aliphatic rings. The number of carbonyl (C=O) groups excluding carboxylic acids is 2. The average molecular weight is 495 g/mol. The number of aryl methyl sites for hydroxylation is 1. The molecule has 190 valence electrons. The first-order valence-electron chi connectivity index (χ1n) is 11.9. The molecule has 0 bridgehead atoms. The highest BCUT2D eigenvalue weighted by Crippen LogP contribution is 2.26. The molecule has 2 aromatic carbocycles. The lowest BCUT2D eigenvalue weighted by molar-refractivity contribution is -0.132. The van der Waals surface area contributed by atoms with Gasteiger partial charge in [0.1, 0.15) is 17.2 Å². The van der Waals surface area contributed by atoms with Crippen LogP contribution >= 0.6 is 0 Å². The highest BCUT2D eigenvalue weighted by molar-refractivity contribution is 5.97. The number of hydrogen-bond donors (Lipinski definition) is 0. The van der Waals surface area contributed by atoms with Gasteiger partial charge in [0, 0.05) is 50.7 Å². The summed E-state index contributed by atoms with van der Waals surface area (Å²) < 4.78 is 21.3. The summed E-state index contributed by atoms with van der Waals surface area (Å²) in [6.07, 6.45) is 0.607. The van der Waals surface area contributed by atoms with Crippen molar-refractivity contribution in [2.75, 3.05) is 47.0 Å². The molecule has 2 heterocycles. The molecule has 0 atom stereocenters. The van der Waals surface area contributed by atoms with Gasteiger partial charge in [-0.1, -0.05) is 5.16 Å². The van der Waals surface area contributed by atoms with Crippen LogP contribution in [0.3, 0.4) is 0 Å². The fraction of sp³-hybridized carbons (Fsp3) is 0.385. The summed E-state index contributed by atoms with van der Waals surface area (Å²) in [6.45, 7) is 4.35. The van der Waals surface area contributed by atoms with Crippen LogP contribution in [-0.2, 0) is 11.2 Å². The van der Waals surface area contributed by atoms with Crippen LogP contribution in [-0.4, -0.2) is 78.8 Å². The van der Waals surface area contributed by atoms with E-state index in [2.05, 4.69) is 10.1 Å². The van der Waals surface area contributed by atoms with E-state index in [-0.39, 0.29) is 18.2 Å². The third-order valence-electron chi connectivity index (χ3n) is 6.00. The van der Waals surface area contributed by atoms with Gasteiger partial charge in [0.2, 0.25) is 17.6 Å². The minimum absolute atomic E-state index is 0.00931. The van der Waals surface area contributed by atoms with E-state index in [1.807, 2.05) is 31.2 Å². The van der Waals surface area contributed by atoms with Crippen LogP contribution in [0.1, 0.15) is 29.6 Å². The summed E-state index contributed by atoms with van der Waals surface area (Å²) in [4.78, 5) is 33.7. The fourth-order valence-electron chi connectivity index (χ4n) is 4.02. The molecular weight excluding hydrogens is 464 g/mol. The standard InChI is InChI=1S/C26H30N4O6/c1-4-35-19-7-5-18(6-8-19)25-27-23(36-28-25)11-12-24(31)29-13-15-30(16-14-29)26(32)21-10-9-20(33-2)17-22(21)34-3/h5-10,17H,4,11-16H2,1-3H3. The molecule has 1 saturated heterocycles. The lowest BCUT2D eigenvalue weighted by atomic mass is 10.1.